The van der Waals surface area contributed by atoms with Crippen LogP contribution < -0.4 is 5.32 Å². The zero-order chi connectivity index (χ0) is 20.3. The van der Waals surface area contributed by atoms with Crippen molar-refractivity contribution in [1.29, 1.82) is 0 Å². The highest BCUT2D eigenvalue weighted by molar-refractivity contribution is 5.93. The fourth-order valence-corrected chi connectivity index (χ4v) is 2.64. The summed E-state index contributed by atoms with van der Waals surface area (Å²) in [6, 6.07) is 10.4. The van der Waals surface area contributed by atoms with E-state index in [0.29, 0.717) is 5.69 Å². The Kier molecular flexibility index (Phi) is 5.35. The molecule has 3 aromatic rings. The number of carbonyl (C=O) groups excluding carboxylic acids is 1. The van der Waals surface area contributed by atoms with Crippen LogP contribution in [-0.2, 0) is 4.79 Å². The van der Waals surface area contributed by atoms with Crippen LogP contribution >= 0.6 is 0 Å². The molecule has 9 heteroatoms. The van der Waals surface area contributed by atoms with Gasteiger partial charge in [0.1, 0.15) is 11.6 Å². The summed E-state index contributed by atoms with van der Waals surface area (Å²) in [5.41, 5.74) is 0.414. The Balaban J connectivity index is 1.85. The minimum Gasteiger partial charge on any atom is -0.493 e. The average Bonchev–Trinajstić information content (AvgIpc) is 3.03. The van der Waals surface area contributed by atoms with Crippen molar-refractivity contribution in [1.82, 2.24) is 15.1 Å². The van der Waals surface area contributed by atoms with E-state index in [4.69, 9.17) is 5.11 Å². The molecule has 0 unspecified atom stereocenters. The summed E-state index contributed by atoms with van der Waals surface area (Å²) in [7, 11) is 0. The number of hydrogen-bond acceptors (Lipinski definition) is 4. The Morgan fingerprint density at radius 3 is 2.43 bits per heavy atom. The van der Waals surface area contributed by atoms with Gasteiger partial charge in [-0.15, -0.1) is 0 Å². The minimum atomic E-state index is -1.19. The number of carboxylic acid groups (broad SMARTS) is 1. The van der Waals surface area contributed by atoms with Crippen LogP contribution in [0.2, 0.25) is 0 Å². The van der Waals surface area contributed by atoms with Crippen LogP contribution in [0.15, 0.2) is 54.6 Å². The van der Waals surface area contributed by atoms with E-state index < -0.39 is 36.0 Å². The highest BCUT2D eigenvalue weighted by atomic mass is 19.1. The Hall–Kier alpha value is -3.75. The summed E-state index contributed by atoms with van der Waals surface area (Å²) in [6.45, 7) is 0. The lowest BCUT2D eigenvalue weighted by Crippen LogP contribution is -2.30. The first-order valence-corrected chi connectivity index (χ1v) is 8.16. The van der Waals surface area contributed by atoms with Crippen molar-refractivity contribution in [2.75, 3.05) is 0 Å². The van der Waals surface area contributed by atoms with Crippen molar-refractivity contribution in [2.45, 2.75) is 12.5 Å². The second-order valence-electron chi connectivity index (χ2n) is 5.95. The lowest BCUT2D eigenvalue weighted by molar-refractivity contribution is -0.137. The van der Waals surface area contributed by atoms with Gasteiger partial charge in [0.05, 0.1) is 18.2 Å². The molecule has 0 saturated carbocycles. The van der Waals surface area contributed by atoms with Crippen LogP contribution in [0.4, 0.5) is 8.78 Å². The van der Waals surface area contributed by atoms with Crippen LogP contribution in [0.5, 0.6) is 5.88 Å². The van der Waals surface area contributed by atoms with Gasteiger partial charge >= 0.3 is 5.97 Å². The van der Waals surface area contributed by atoms with Gasteiger partial charge in [0.2, 0.25) is 5.88 Å². The van der Waals surface area contributed by atoms with Crippen molar-refractivity contribution in [3.63, 3.8) is 0 Å². The van der Waals surface area contributed by atoms with Gasteiger partial charge in [-0.05, 0) is 42.0 Å². The third kappa shape index (κ3) is 4.32. The Labute approximate surface area is 157 Å². The number of aliphatic carboxylic acids is 1. The molecule has 0 bridgehead atoms. The first-order valence-electron chi connectivity index (χ1n) is 8.16. The molecule has 28 heavy (non-hydrogen) atoms. The second-order valence-corrected chi connectivity index (χ2v) is 5.95. The minimum absolute atomic E-state index is 0.186. The molecule has 0 aliphatic rings. The highest BCUT2D eigenvalue weighted by Gasteiger charge is 2.22. The number of aromatic nitrogens is 2. The van der Waals surface area contributed by atoms with E-state index in [0.717, 1.165) is 16.8 Å². The van der Waals surface area contributed by atoms with Crippen molar-refractivity contribution in [3.05, 3.63) is 77.5 Å². The number of rotatable bonds is 6. The van der Waals surface area contributed by atoms with E-state index >= 15 is 0 Å². The maximum absolute atomic E-state index is 13.5. The molecule has 1 heterocycles. The molecule has 144 valence electrons. The quantitative estimate of drug-likeness (QED) is 0.603. The number of carbonyl (C=O) groups is 2. The van der Waals surface area contributed by atoms with E-state index in [1.165, 1.54) is 42.5 Å². The van der Waals surface area contributed by atoms with Crippen LogP contribution in [-0.4, -0.2) is 31.9 Å². The number of hydrogen-bond donors (Lipinski definition) is 3. The largest absolute Gasteiger partial charge is 0.493 e. The number of carboxylic acids is 1. The van der Waals surface area contributed by atoms with Crippen molar-refractivity contribution in [2.24, 2.45) is 0 Å². The lowest BCUT2D eigenvalue weighted by atomic mass is 10.0. The van der Waals surface area contributed by atoms with Crippen LogP contribution in [0, 0.1) is 11.6 Å². The zero-order valence-corrected chi connectivity index (χ0v) is 14.3. The summed E-state index contributed by atoms with van der Waals surface area (Å²) in [6.07, 6.45) is -0.472. The van der Waals surface area contributed by atoms with E-state index in [1.807, 2.05) is 0 Å². The fourth-order valence-electron chi connectivity index (χ4n) is 2.64. The van der Waals surface area contributed by atoms with Gasteiger partial charge in [0, 0.05) is 6.07 Å². The number of amides is 1. The number of halogens is 2. The number of benzene rings is 2. The van der Waals surface area contributed by atoms with Crippen LogP contribution in [0.3, 0.4) is 0 Å². The van der Waals surface area contributed by atoms with Gasteiger partial charge < -0.3 is 15.5 Å². The second kappa shape index (κ2) is 7.87. The first kappa shape index (κ1) is 19.0. The van der Waals surface area contributed by atoms with E-state index in [1.54, 1.807) is 0 Å². The molecule has 3 N–H and O–H groups in total. The standard InChI is InChI=1S/C19H15F2N3O4/c20-12-4-6-14(7-5-12)24-17(25)9-16(23-24)19(28)22-15(10-18(26)27)11-2-1-3-13(21)8-11/h1-9,15,25H,10H2,(H,22,28)(H,26,27)/t15-/m0/s1. The predicted molar refractivity (Wildman–Crippen MR) is 94.0 cm³/mol. The smallest absolute Gasteiger partial charge is 0.305 e. The maximum atomic E-state index is 13.5. The lowest BCUT2D eigenvalue weighted by Gasteiger charge is -2.16. The molecule has 3 rings (SSSR count). The Morgan fingerprint density at radius 2 is 1.79 bits per heavy atom. The van der Waals surface area contributed by atoms with Gasteiger partial charge in [0.15, 0.2) is 5.69 Å². The summed E-state index contributed by atoms with van der Waals surface area (Å²) >= 11 is 0. The topological polar surface area (TPSA) is 104 Å². The monoisotopic (exact) mass is 387 g/mol. The molecule has 7 nitrogen and oxygen atoms in total. The third-order valence-corrected chi connectivity index (χ3v) is 3.93. The summed E-state index contributed by atoms with van der Waals surface area (Å²) < 4.78 is 27.5. The predicted octanol–water partition coefficient (Wildman–Crippen LogP) is 2.80. The molecule has 2 aromatic carbocycles. The van der Waals surface area contributed by atoms with Gasteiger partial charge in [0.25, 0.3) is 5.91 Å². The summed E-state index contributed by atoms with van der Waals surface area (Å²) in [5.74, 6) is -3.35. The van der Waals surface area contributed by atoms with Gasteiger partial charge in [-0.2, -0.15) is 5.10 Å². The average molecular weight is 387 g/mol. The molecule has 1 amide bonds. The molecule has 0 radical (unpaired) electrons. The number of nitrogens with one attached hydrogen (secondary N) is 1. The number of aromatic hydroxyl groups is 1. The van der Waals surface area contributed by atoms with Crippen molar-refractivity contribution >= 4 is 11.9 Å². The normalized spacial score (nSPS) is 11.8. The summed E-state index contributed by atoms with van der Waals surface area (Å²) in [5, 5.41) is 25.5. The van der Waals surface area contributed by atoms with Crippen LogP contribution in [0.1, 0.15) is 28.5 Å². The highest BCUT2D eigenvalue weighted by Crippen LogP contribution is 2.21. The Bertz CT molecular complexity index is 1020. The summed E-state index contributed by atoms with van der Waals surface area (Å²) in [4.78, 5) is 23.6. The SMILES string of the molecule is O=C(O)C[C@H](NC(=O)c1cc(O)n(-c2ccc(F)cc2)n1)c1cccc(F)c1. The first-order chi connectivity index (χ1) is 13.3. The molecule has 1 aromatic heterocycles. The van der Waals surface area contributed by atoms with E-state index in [-0.39, 0.29) is 17.1 Å². The number of nitrogens with zero attached hydrogens (tertiary/aromatic N) is 2. The van der Waals surface area contributed by atoms with Gasteiger partial charge in [-0.25, -0.2) is 13.5 Å². The molecule has 1 atom stereocenters. The van der Waals surface area contributed by atoms with E-state index in [9.17, 15) is 23.5 Å². The molecule has 0 spiro atoms. The Morgan fingerprint density at radius 1 is 1.07 bits per heavy atom. The fraction of sp³-hybridized carbons (Fsp3) is 0.105. The molecule has 0 aliphatic heterocycles. The molecule has 0 saturated heterocycles. The zero-order valence-electron chi connectivity index (χ0n) is 14.3. The van der Waals surface area contributed by atoms with Crippen molar-refractivity contribution < 1.29 is 28.6 Å². The van der Waals surface area contributed by atoms with Gasteiger partial charge in [-0.3, -0.25) is 9.59 Å². The molecule has 0 aliphatic carbocycles. The van der Waals surface area contributed by atoms with Crippen LogP contribution in [0.25, 0.3) is 5.69 Å². The van der Waals surface area contributed by atoms with Crippen molar-refractivity contribution in [3.8, 4) is 11.6 Å². The molecule has 0 fully saturated rings. The maximum Gasteiger partial charge on any atom is 0.305 e. The third-order valence-electron chi connectivity index (χ3n) is 3.93. The van der Waals surface area contributed by atoms with E-state index in [2.05, 4.69) is 10.4 Å². The van der Waals surface area contributed by atoms with Gasteiger partial charge in [-0.1, -0.05) is 12.1 Å². The molecular formula is C19H15F2N3O4. The molecular weight excluding hydrogens is 372 g/mol.